The van der Waals surface area contributed by atoms with Crippen LogP contribution >= 0.6 is 15.9 Å². The fourth-order valence-electron chi connectivity index (χ4n) is 3.17. The highest BCUT2D eigenvalue weighted by Gasteiger charge is 2.25. The molecule has 1 aliphatic rings. The van der Waals surface area contributed by atoms with Gasteiger partial charge in [0.25, 0.3) is 11.8 Å². The Hall–Kier alpha value is -2.21. The predicted octanol–water partition coefficient (Wildman–Crippen LogP) is 3.88. The number of rotatable bonds is 2. The van der Waals surface area contributed by atoms with E-state index in [0.29, 0.717) is 38.2 Å². The van der Waals surface area contributed by atoms with Crippen LogP contribution in [0.15, 0.2) is 46.9 Å². The number of nitrogens with zero attached hydrogens (tertiary/aromatic N) is 2. The molecule has 1 heterocycles. The number of halogens is 2. The SMILES string of the molecule is Cc1cc(Br)ccc1C(=O)N1CCCN(C(=O)c2ccccc2F)CC1. The molecule has 0 atom stereocenters. The van der Waals surface area contributed by atoms with Gasteiger partial charge in [-0.25, -0.2) is 4.39 Å². The van der Waals surface area contributed by atoms with Crippen LogP contribution in [0.3, 0.4) is 0 Å². The third-order valence-electron chi connectivity index (χ3n) is 4.59. The number of hydrogen-bond acceptors (Lipinski definition) is 2. The largest absolute Gasteiger partial charge is 0.337 e. The van der Waals surface area contributed by atoms with E-state index in [9.17, 15) is 14.0 Å². The summed E-state index contributed by atoms with van der Waals surface area (Å²) in [6.07, 6.45) is 0.668. The highest BCUT2D eigenvalue weighted by atomic mass is 79.9. The molecule has 0 aliphatic carbocycles. The number of carbonyl (C=O) groups is 2. The van der Waals surface area contributed by atoms with Crippen molar-refractivity contribution in [2.24, 2.45) is 0 Å². The lowest BCUT2D eigenvalue weighted by Gasteiger charge is -2.23. The van der Waals surface area contributed by atoms with E-state index in [1.165, 1.54) is 12.1 Å². The normalized spacial score (nSPS) is 14.9. The molecular weight excluding hydrogens is 399 g/mol. The molecule has 0 aromatic heterocycles. The van der Waals surface area contributed by atoms with Crippen LogP contribution in [0.4, 0.5) is 4.39 Å². The minimum atomic E-state index is -0.514. The molecule has 0 bridgehead atoms. The molecule has 6 heteroatoms. The third-order valence-corrected chi connectivity index (χ3v) is 5.09. The topological polar surface area (TPSA) is 40.6 Å². The van der Waals surface area contributed by atoms with Crippen molar-refractivity contribution >= 4 is 27.7 Å². The Kier molecular flexibility index (Phi) is 5.71. The average molecular weight is 419 g/mol. The van der Waals surface area contributed by atoms with E-state index in [1.807, 2.05) is 25.1 Å². The summed E-state index contributed by atoms with van der Waals surface area (Å²) in [5.74, 6) is -0.868. The van der Waals surface area contributed by atoms with Crippen LogP contribution in [0.5, 0.6) is 0 Å². The molecule has 2 aromatic rings. The first kappa shape index (κ1) is 18.6. The highest BCUT2D eigenvalue weighted by Crippen LogP contribution is 2.19. The van der Waals surface area contributed by atoms with Gasteiger partial charge in [0.1, 0.15) is 5.82 Å². The van der Waals surface area contributed by atoms with Crippen LogP contribution in [-0.2, 0) is 0 Å². The molecule has 0 N–H and O–H groups in total. The monoisotopic (exact) mass is 418 g/mol. The lowest BCUT2D eigenvalue weighted by molar-refractivity contribution is 0.0715. The molecule has 136 valence electrons. The quantitative estimate of drug-likeness (QED) is 0.742. The fraction of sp³-hybridized carbons (Fsp3) is 0.300. The second kappa shape index (κ2) is 7.99. The van der Waals surface area contributed by atoms with Crippen molar-refractivity contribution in [3.05, 3.63) is 69.4 Å². The third kappa shape index (κ3) is 3.96. The second-order valence-corrected chi connectivity index (χ2v) is 7.29. The number of hydrogen-bond donors (Lipinski definition) is 0. The Bertz CT molecular complexity index is 840. The summed E-state index contributed by atoms with van der Waals surface area (Å²) in [5, 5.41) is 0. The molecule has 0 radical (unpaired) electrons. The molecule has 0 unspecified atom stereocenters. The van der Waals surface area contributed by atoms with E-state index < -0.39 is 5.82 Å². The molecule has 4 nitrogen and oxygen atoms in total. The molecule has 3 rings (SSSR count). The minimum Gasteiger partial charge on any atom is -0.337 e. The maximum atomic E-state index is 13.9. The lowest BCUT2D eigenvalue weighted by atomic mass is 10.1. The Labute approximate surface area is 160 Å². The average Bonchev–Trinajstić information content (AvgIpc) is 2.87. The first-order valence-electron chi connectivity index (χ1n) is 8.56. The van der Waals surface area contributed by atoms with Crippen LogP contribution in [0.1, 0.15) is 32.7 Å². The van der Waals surface area contributed by atoms with Crippen molar-refractivity contribution in [1.29, 1.82) is 0 Å². The fourth-order valence-corrected chi connectivity index (χ4v) is 3.64. The summed E-state index contributed by atoms with van der Waals surface area (Å²) >= 11 is 3.41. The van der Waals surface area contributed by atoms with Crippen molar-refractivity contribution in [2.45, 2.75) is 13.3 Å². The van der Waals surface area contributed by atoms with E-state index in [2.05, 4.69) is 15.9 Å². The zero-order valence-electron chi connectivity index (χ0n) is 14.5. The number of carbonyl (C=O) groups excluding carboxylic acids is 2. The molecule has 0 spiro atoms. The van der Waals surface area contributed by atoms with Crippen LogP contribution in [0, 0.1) is 12.7 Å². The van der Waals surface area contributed by atoms with Crippen molar-refractivity contribution in [3.8, 4) is 0 Å². The smallest absolute Gasteiger partial charge is 0.256 e. The van der Waals surface area contributed by atoms with E-state index in [4.69, 9.17) is 0 Å². The lowest BCUT2D eigenvalue weighted by Crippen LogP contribution is -2.37. The van der Waals surface area contributed by atoms with Crippen LogP contribution in [0.2, 0.25) is 0 Å². The molecule has 2 amide bonds. The standard InChI is InChI=1S/C20H20BrFN2O2/c1-14-13-15(21)7-8-16(14)19(25)23-9-4-10-24(12-11-23)20(26)17-5-2-3-6-18(17)22/h2-3,5-8,13H,4,9-12H2,1H3. The first-order valence-corrected chi connectivity index (χ1v) is 9.36. The van der Waals surface area contributed by atoms with Gasteiger partial charge >= 0.3 is 0 Å². The van der Waals surface area contributed by atoms with Gasteiger partial charge in [0.15, 0.2) is 0 Å². The number of aryl methyl sites for hydroxylation is 1. The minimum absolute atomic E-state index is 0.0322. The molecule has 0 saturated carbocycles. The summed E-state index contributed by atoms with van der Waals surface area (Å²) < 4.78 is 14.8. The van der Waals surface area contributed by atoms with Gasteiger partial charge in [-0.05, 0) is 49.2 Å². The first-order chi connectivity index (χ1) is 12.5. The Morgan fingerprint density at radius 3 is 2.15 bits per heavy atom. The summed E-state index contributed by atoms with van der Waals surface area (Å²) in [7, 11) is 0. The van der Waals surface area contributed by atoms with E-state index in [-0.39, 0.29) is 17.4 Å². The molecular formula is C20H20BrFN2O2. The van der Waals surface area contributed by atoms with Gasteiger partial charge in [-0.2, -0.15) is 0 Å². The van der Waals surface area contributed by atoms with Crippen LogP contribution < -0.4 is 0 Å². The molecule has 26 heavy (non-hydrogen) atoms. The van der Waals surface area contributed by atoms with Crippen molar-refractivity contribution in [3.63, 3.8) is 0 Å². The molecule has 1 saturated heterocycles. The van der Waals surface area contributed by atoms with Crippen LogP contribution in [-0.4, -0.2) is 47.8 Å². The van der Waals surface area contributed by atoms with Crippen molar-refractivity contribution in [1.82, 2.24) is 9.80 Å². The van der Waals surface area contributed by atoms with Gasteiger partial charge in [0.2, 0.25) is 0 Å². The second-order valence-electron chi connectivity index (χ2n) is 6.38. The zero-order valence-corrected chi connectivity index (χ0v) is 16.1. The number of benzene rings is 2. The summed E-state index contributed by atoms with van der Waals surface area (Å²) in [6, 6.07) is 11.6. The Morgan fingerprint density at radius 1 is 0.923 bits per heavy atom. The van der Waals surface area contributed by atoms with Crippen LogP contribution in [0.25, 0.3) is 0 Å². The van der Waals surface area contributed by atoms with Gasteiger partial charge in [-0.3, -0.25) is 9.59 Å². The molecule has 1 fully saturated rings. The molecule has 1 aliphatic heterocycles. The Balaban J connectivity index is 1.71. The van der Waals surface area contributed by atoms with Gasteiger partial charge in [-0.15, -0.1) is 0 Å². The van der Waals surface area contributed by atoms with Gasteiger partial charge in [-0.1, -0.05) is 28.1 Å². The van der Waals surface area contributed by atoms with E-state index >= 15 is 0 Å². The summed E-state index contributed by atoms with van der Waals surface area (Å²) in [5.41, 5.74) is 1.66. The summed E-state index contributed by atoms with van der Waals surface area (Å²) in [6.45, 7) is 3.83. The number of amides is 2. The predicted molar refractivity (Wildman–Crippen MR) is 102 cm³/mol. The van der Waals surface area contributed by atoms with Gasteiger partial charge < -0.3 is 9.80 Å². The zero-order chi connectivity index (χ0) is 18.7. The van der Waals surface area contributed by atoms with Gasteiger partial charge in [0, 0.05) is 36.2 Å². The highest BCUT2D eigenvalue weighted by molar-refractivity contribution is 9.10. The van der Waals surface area contributed by atoms with E-state index in [1.54, 1.807) is 21.9 Å². The van der Waals surface area contributed by atoms with E-state index in [0.717, 1.165) is 10.0 Å². The van der Waals surface area contributed by atoms with Crippen molar-refractivity contribution < 1.29 is 14.0 Å². The van der Waals surface area contributed by atoms with Crippen molar-refractivity contribution in [2.75, 3.05) is 26.2 Å². The summed E-state index contributed by atoms with van der Waals surface area (Å²) in [4.78, 5) is 28.8. The Morgan fingerprint density at radius 2 is 1.54 bits per heavy atom. The van der Waals surface area contributed by atoms with Gasteiger partial charge in [0.05, 0.1) is 5.56 Å². The molecule has 2 aromatic carbocycles. The maximum Gasteiger partial charge on any atom is 0.256 e. The maximum absolute atomic E-state index is 13.9.